The van der Waals surface area contributed by atoms with Crippen molar-refractivity contribution in [2.75, 3.05) is 6.54 Å². The van der Waals surface area contributed by atoms with Crippen LogP contribution in [0.25, 0.3) is 0 Å². The van der Waals surface area contributed by atoms with Gasteiger partial charge in [-0.15, -0.1) is 0 Å². The fourth-order valence-electron chi connectivity index (χ4n) is 2.04. The summed E-state index contributed by atoms with van der Waals surface area (Å²) in [6.07, 6.45) is -0.399. The van der Waals surface area contributed by atoms with Gasteiger partial charge in [0.15, 0.2) is 0 Å². The molecule has 0 radical (unpaired) electrons. The number of aliphatic hydroxyl groups excluding tert-OH is 3. The van der Waals surface area contributed by atoms with Crippen LogP contribution in [-0.2, 0) is 6.61 Å². The molecule has 4 heteroatoms. The van der Waals surface area contributed by atoms with Gasteiger partial charge < -0.3 is 20.6 Å². The van der Waals surface area contributed by atoms with Gasteiger partial charge in [-0.2, -0.15) is 0 Å². The zero-order valence-electron chi connectivity index (χ0n) is 9.00. The van der Waals surface area contributed by atoms with Crippen LogP contribution in [0.15, 0.2) is 24.3 Å². The molecule has 0 spiro atoms. The summed E-state index contributed by atoms with van der Waals surface area (Å²) in [6.45, 7) is 0.549. The van der Waals surface area contributed by atoms with Gasteiger partial charge >= 0.3 is 0 Å². The molecule has 16 heavy (non-hydrogen) atoms. The molecule has 1 aliphatic heterocycles. The topological polar surface area (TPSA) is 72.7 Å². The highest BCUT2D eigenvalue weighted by atomic mass is 16.3. The largest absolute Gasteiger partial charge is 0.392 e. The standard InChI is InChI=1S/C12H17NO3/c14-7-8-1-3-9(4-2-8)12(16)11-5-10(15)6-13-11/h1-4,10-16H,5-7H2/t10-,11+,12?/m1/s1. The van der Waals surface area contributed by atoms with Crippen molar-refractivity contribution in [1.82, 2.24) is 5.32 Å². The number of rotatable bonds is 3. The van der Waals surface area contributed by atoms with Crippen molar-refractivity contribution in [2.24, 2.45) is 0 Å². The van der Waals surface area contributed by atoms with Crippen LogP contribution in [0.3, 0.4) is 0 Å². The van der Waals surface area contributed by atoms with Gasteiger partial charge in [0.1, 0.15) is 0 Å². The molecule has 0 bridgehead atoms. The van der Waals surface area contributed by atoms with Gasteiger partial charge in [-0.3, -0.25) is 0 Å². The lowest BCUT2D eigenvalue weighted by Gasteiger charge is -2.18. The Labute approximate surface area is 94.5 Å². The second kappa shape index (κ2) is 4.93. The molecule has 4 N–H and O–H groups in total. The number of benzene rings is 1. The Morgan fingerprint density at radius 1 is 1.31 bits per heavy atom. The third kappa shape index (κ3) is 2.41. The molecule has 1 saturated heterocycles. The monoisotopic (exact) mass is 223 g/mol. The minimum absolute atomic E-state index is 0.0107. The number of nitrogens with one attached hydrogen (secondary N) is 1. The fourth-order valence-corrected chi connectivity index (χ4v) is 2.04. The van der Waals surface area contributed by atoms with Gasteiger partial charge in [0.05, 0.1) is 18.8 Å². The summed E-state index contributed by atoms with van der Waals surface area (Å²) in [7, 11) is 0. The molecule has 3 atom stereocenters. The summed E-state index contributed by atoms with van der Waals surface area (Å²) >= 11 is 0. The van der Waals surface area contributed by atoms with E-state index in [0.29, 0.717) is 13.0 Å². The van der Waals surface area contributed by atoms with Crippen LogP contribution in [0.4, 0.5) is 0 Å². The van der Waals surface area contributed by atoms with Crippen molar-refractivity contribution in [3.63, 3.8) is 0 Å². The molecule has 4 nitrogen and oxygen atoms in total. The maximum absolute atomic E-state index is 10.1. The predicted octanol–water partition coefficient (Wildman–Crippen LogP) is -0.0649. The second-order valence-corrected chi connectivity index (χ2v) is 4.25. The van der Waals surface area contributed by atoms with E-state index in [1.807, 2.05) is 12.1 Å². The normalized spacial score (nSPS) is 26.9. The van der Waals surface area contributed by atoms with Crippen molar-refractivity contribution >= 4 is 0 Å². The average Bonchev–Trinajstić information content (AvgIpc) is 2.75. The van der Waals surface area contributed by atoms with E-state index >= 15 is 0 Å². The zero-order chi connectivity index (χ0) is 11.5. The Balaban J connectivity index is 2.05. The van der Waals surface area contributed by atoms with E-state index in [1.54, 1.807) is 12.1 Å². The first-order valence-electron chi connectivity index (χ1n) is 5.50. The molecule has 1 aromatic carbocycles. The Morgan fingerprint density at radius 2 is 2.00 bits per heavy atom. The Hall–Kier alpha value is -0.940. The number of hydrogen-bond acceptors (Lipinski definition) is 4. The lowest BCUT2D eigenvalue weighted by atomic mass is 9.99. The Morgan fingerprint density at radius 3 is 2.50 bits per heavy atom. The van der Waals surface area contributed by atoms with Crippen LogP contribution < -0.4 is 5.32 Å². The molecule has 1 heterocycles. The molecule has 1 aromatic rings. The highest BCUT2D eigenvalue weighted by molar-refractivity contribution is 5.25. The van der Waals surface area contributed by atoms with E-state index in [2.05, 4.69) is 5.32 Å². The summed E-state index contributed by atoms with van der Waals surface area (Å²) in [5.74, 6) is 0. The maximum atomic E-state index is 10.1. The first-order chi connectivity index (χ1) is 7.70. The van der Waals surface area contributed by atoms with Crippen LogP contribution in [0.2, 0.25) is 0 Å². The van der Waals surface area contributed by atoms with E-state index in [0.717, 1.165) is 11.1 Å². The Kier molecular flexibility index (Phi) is 3.56. The molecule has 1 fully saturated rings. The van der Waals surface area contributed by atoms with Gasteiger partial charge in [0.2, 0.25) is 0 Å². The lowest BCUT2D eigenvalue weighted by molar-refractivity contribution is 0.125. The van der Waals surface area contributed by atoms with Gasteiger partial charge in [-0.05, 0) is 17.5 Å². The highest BCUT2D eigenvalue weighted by Crippen LogP contribution is 2.23. The molecular weight excluding hydrogens is 206 g/mol. The van der Waals surface area contributed by atoms with Crippen LogP contribution in [0, 0.1) is 0 Å². The van der Waals surface area contributed by atoms with Crippen LogP contribution in [0.5, 0.6) is 0 Å². The van der Waals surface area contributed by atoms with Gasteiger partial charge in [0.25, 0.3) is 0 Å². The maximum Gasteiger partial charge on any atom is 0.0943 e. The van der Waals surface area contributed by atoms with Crippen molar-refractivity contribution in [3.8, 4) is 0 Å². The zero-order valence-corrected chi connectivity index (χ0v) is 9.00. The average molecular weight is 223 g/mol. The van der Waals surface area contributed by atoms with Crippen LogP contribution in [0.1, 0.15) is 23.7 Å². The minimum Gasteiger partial charge on any atom is -0.392 e. The molecule has 0 amide bonds. The van der Waals surface area contributed by atoms with E-state index in [1.165, 1.54) is 0 Å². The number of aliphatic hydroxyl groups is 3. The summed E-state index contributed by atoms with van der Waals surface area (Å²) < 4.78 is 0. The molecule has 1 unspecified atom stereocenters. The highest BCUT2D eigenvalue weighted by Gasteiger charge is 2.28. The molecule has 2 rings (SSSR count). The minimum atomic E-state index is -0.607. The summed E-state index contributed by atoms with van der Waals surface area (Å²) in [5, 5.41) is 31.4. The third-order valence-corrected chi connectivity index (χ3v) is 3.03. The fraction of sp³-hybridized carbons (Fsp3) is 0.500. The van der Waals surface area contributed by atoms with E-state index < -0.39 is 6.10 Å². The number of β-amino-alcohol motifs (C(OH)–C–C–N with tert-alkyl or cyclic N) is 1. The van der Waals surface area contributed by atoms with Gasteiger partial charge in [0, 0.05) is 12.6 Å². The van der Waals surface area contributed by atoms with E-state index in [4.69, 9.17) is 5.11 Å². The SMILES string of the molecule is OCc1ccc(C(O)[C@@H]2C[C@@H](O)CN2)cc1. The quantitative estimate of drug-likeness (QED) is 0.579. The first kappa shape index (κ1) is 11.5. The summed E-state index contributed by atoms with van der Waals surface area (Å²) in [5.41, 5.74) is 1.64. The molecule has 0 aromatic heterocycles. The molecule has 88 valence electrons. The summed E-state index contributed by atoms with van der Waals surface area (Å²) in [4.78, 5) is 0. The summed E-state index contributed by atoms with van der Waals surface area (Å²) in [6, 6.07) is 7.12. The van der Waals surface area contributed by atoms with Crippen molar-refractivity contribution in [1.29, 1.82) is 0 Å². The first-order valence-corrected chi connectivity index (χ1v) is 5.50. The smallest absolute Gasteiger partial charge is 0.0943 e. The van der Waals surface area contributed by atoms with Crippen molar-refractivity contribution in [2.45, 2.75) is 31.3 Å². The molecular formula is C12H17NO3. The predicted molar refractivity (Wildman–Crippen MR) is 59.7 cm³/mol. The third-order valence-electron chi connectivity index (χ3n) is 3.03. The van der Waals surface area contributed by atoms with Gasteiger partial charge in [-0.25, -0.2) is 0 Å². The van der Waals surface area contributed by atoms with Gasteiger partial charge in [-0.1, -0.05) is 24.3 Å². The van der Waals surface area contributed by atoms with Crippen LogP contribution >= 0.6 is 0 Å². The molecule has 0 saturated carbocycles. The number of hydrogen-bond donors (Lipinski definition) is 4. The van der Waals surface area contributed by atoms with Crippen molar-refractivity contribution in [3.05, 3.63) is 35.4 Å². The second-order valence-electron chi connectivity index (χ2n) is 4.25. The van der Waals surface area contributed by atoms with Crippen LogP contribution in [-0.4, -0.2) is 34.0 Å². The van der Waals surface area contributed by atoms with E-state index in [9.17, 15) is 10.2 Å². The lowest BCUT2D eigenvalue weighted by Crippen LogP contribution is -2.28. The van der Waals surface area contributed by atoms with Crippen molar-refractivity contribution < 1.29 is 15.3 Å². The van der Waals surface area contributed by atoms with E-state index in [-0.39, 0.29) is 18.8 Å². The molecule has 0 aliphatic carbocycles. The molecule has 1 aliphatic rings. The Bertz CT molecular complexity index is 339.